The van der Waals surface area contributed by atoms with Crippen LogP contribution in [0.3, 0.4) is 0 Å². The fraction of sp³-hybridized carbons (Fsp3) is 0.717. The van der Waals surface area contributed by atoms with E-state index in [0.29, 0.717) is 17.4 Å². The largest absolute Gasteiger partial charge is 0.756 e. The number of carbonyl (C=O) groups excluding carboxylic acids is 1. The zero-order valence-electron chi connectivity index (χ0n) is 35.9. The molecule has 0 spiro atoms. The summed E-state index contributed by atoms with van der Waals surface area (Å²) in [5.41, 5.74) is 0. The zero-order chi connectivity index (χ0) is 40.7. The molecule has 0 aromatic rings. The lowest BCUT2D eigenvalue weighted by atomic mass is 10.0. The number of aliphatic hydroxyl groups is 1. The van der Waals surface area contributed by atoms with Crippen LogP contribution in [0.4, 0.5) is 0 Å². The lowest BCUT2D eigenvalue weighted by Crippen LogP contribution is -2.45. The Hall–Kier alpha value is -2.06. The number of carbonyl (C=O) groups is 1. The lowest BCUT2D eigenvalue weighted by Gasteiger charge is -2.29. The van der Waals surface area contributed by atoms with Crippen molar-refractivity contribution in [1.82, 2.24) is 5.32 Å². The van der Waals surface area contributed by atoms with Crippen molar-refractivity contribution in [2.75, 3.05) is 40.9 Å². The molecule has 8 nitrogen and oxygen atoms in total. The van der Waals surface area contributed by atoms with Crippen LogP contribution in [0.1, 0.15) is 162 Å². The molecular weight excluding hydrogens is 707 g/mol. The van der Waals surface area contributed by atoms with Crippen LogP contribution in [-0.4, -0.2) is 68.5 Å². The quantitative estimate of drug-likeness (QED) is 0.0279. The molecule has 9 heteroatoms. The maximum atomic E-state index is 12.8. The number of hydrogen-bond acceptors (Lipinski definition) is 6. The van der Waals surface area contributed by atoms with E-state index in [2.05, 4.69) is 79.9 Å². The maximum Gasteiger partial charge on any atom is 0.268 e. The number of likely N-dealkylation sites (N-methyl/N-ethyl adjacent to an activating group) is 1. The summed E-state index contributed by atoms with van der Waals surface area (Å²) in [5, 5.41) is 13.7. The number of nitrogens with zero attached hydrogens (tertiary/aromatic N) is 1. The first-order valence-corrected chi connectivity index (χ1v) is 23.3. The molecule has 3 atom stereocenters. The Balaban J connectivity index is 4.58. The Morgan fingerprint density at radius 1 is 0.655 bits per heavy atom. The van der Waals surface area contributed by atoms with Gasteiger partial charge in [0.2, 0.25) is 5.91 Å². The number of unbranched alkanes of at least 4 members (excludes halogenated alkanes) is 15. The third-order valence-corrected chi connectivity index (χ3v) is 10.1. The van der Waals surface area contributed by atoms with Gasteiger partial charge in [-0.1, -0.05) is 157 Å². The molecule has 2 N–H and O–H groups in total. The number of quaternary nitrogens is 1. The minimum Gasteiger partial charge on any atom is -0.756 e. The summed E-state index contributed by atoms with van der Waals surface area (Å²) in [6.45, 7) is 4.45. The van der Waals surface area contributed by atoms with Gasteiger partial charge in [0, 0.05) is 6.42 Å². The number of rotatable bonds is 38. The molecule has 318 valence electrons. The Kier molecular flexibility index (Phi) is 36.1. The molecule has 55 heavy (non-hydrogen) atoms. The van der Waals surface area contributed by atoms with E-state index in [9.17, 15) is 19.4 Å². The van der Waals surface area contributed by atoms with Gasteiger partial charge in [-0.05, 0) is 70.6 Å². The molecule has 0 aliphatic carbocycles. The normalized spacial score (nSPS) is 15.1. The number of hydrogen-bond donors (Lipinski definition) is 2. The van der Waals surface area contributed by atoms with Crippen LogP contribution < -0.4 is 10.2 Å². The van der Waals surface area contributed by atoms with Gasteiger partial charge in [-0.3, -0.25) is 9.36 Å². The number of amides is 1. The molecule has 0 rings (SSSR count). The monoisotopic (exact) mass is 791 g/mol. The minimum atomic E-state index is -4.61. The minimum absolute atomic E-state index is 0.0180. The lowest BCUT2D eigenvalue weighted by molar-refractivity contribution is -0.870. The molecule has 0 radical (unpaired) electrons. The van der Waals surface area contributed by atoms with Gasteiger partial charge in [0.1, 0.15) is 13.2 Å². The Morgan fingerprint density at radius 2 is 1.13 bits per heavy atom. The van der Waals surface area contributed by atoms with E-state index in [1.807, 2.05) is 27.2 Å². The van der Waals surface area contributed by atoms with Gasteiger partial charge in [0.15, 0.2) is 0 Å². The van der Waals surface area contributed by atoms with Crippen molar-refractivity contribution in [2.24, 2.45) is 0 Å². The number of phosphoric ester groups is 1. The highest BCUT2D eigenvalue weighted by Crippen LogP contribution is 2.38. The van der Waals surface area contributed by atoms with Crippen LogP contribution >= 0.6 is 7.82 Å². The van der Waals surface area contributed by atoms with Crippen molar-refractivity contribution in [3.63, 3.8) is 0 Å². The van der Waals surface area contributed by atoms with Crippen LogP contribution in [0.15, 0.2) is 72.9 Å². The van der Waals surface area contributed by atoms with E-state index in [4.69, 9.17) is 9.05 Å². The second kappa shape index (κ2) is 37.5. The van der Waals surface area contributed by atoms with Crippen molar-refractivity contribution in [3.8, 4) is 0 Å². The second-order valence-electron chi connectivity index (χ2n) is 15.7. The maximum absolute atomic E-state index is 12.8. The van der Waals surface area contributed by atoms with Gasteiger partial charge in [0.25, 0.3) is 7.82 Å². The van der Waals surface area contributed by atoms with Gasteiger partial charge in [-0.15, -0.1) is 0 Å². The molecule has 0 aliphatic heterocycles. The second-order valence-corrected chi connectivity index (χ2v) is 17.1. The third kappa shape index (κ3) is 40.0. The Morgan fingerprint density at radius 3 is 1.69 bits per heavy atom. The summed E-state index contributed by atoms with van der Waals surface area (Å²) in [6, 6.07) is -0.927. The highest BCUT2D eigenvalue weighted by molar-refractivity contribution is 7.45. The van der Waals surface area contributed by atoms with Crippen LogP contribution in [0, 0.1) is 0 Å². The fourth-order valence-corrected chi connectivity index (χ4v) is 6.41. The summed E-state index contributed by atoms with van der Waals surface area (Å²) in [7, 11) is 1.20. The van der Waals surface area contributed by atoms with Crippen LogP contribution in [0.25, 0.3) is 0 Å². The molecule has 0 saturated heterocycles. The summed E-state index contributed by atoms with van der Waals surface area (Å²) < 4.78 is 23.1. The first-order chi connectivity index (χ1) is 26.5. The molecule has 0 aromatic carbocycles. The van der Waals surface area contributed by atoms with Crippen molar-refractivity contribution in [3.05, 3.63) is 72.9 Å². The Bertz CT molecular complexity index is 1120. The van der Waals surface area contributed by atoms with Gasteiger partial charge in [-0.2, -0.15) is 0 Å². The first-order valence-electron chi connectivity index (χ1n) is 21.8. The summed E-state index contributed by atoms with van der Waals surface area (Å²) in [5.74, 6) is -0.251. The molecule has 0 aromatic heterocycles. The predicted octanol–water partition coefficient (Wildman–Crippen LogP) is 11.4. The van der Waals surface area contributed by atoms with Crippen molar-refractivity contribution < 1.29 is 32.9 Å². The summed E-state index contributed by atoms with van der Waals surface area (Å²) in [4.78, 5) is 25.2. The molecule has 0 aliphatic rings. The standard InChI is InChI=1S/C46H83N2O6P/c1-6-8-10-12-14-16-18-20-22-23-24-26-27-29-31-33-35-37-39-45(49)44(43-54-55(51,52)53-42-41-48(3,4)5)47-46(50)40-38-36-34-32-30-28-25-21-19-17-15-13-11-9-7-2/h9,11,15,17,21,25,29-32,37,39,44-45,49H,6-8,10,12-14,16,18-20,22-24,26-28,33-36,38,40-43H2,1-5H3,(H-,47,50,51,52)/b11-9-,17-15-,25-21-,31-29+,32-30-,39-37+. The first kappa shape index (κ1) is 52.9. The van der Waals surface area contributed by atoms with Gasteiger partial charge in [-0.25, -0.2) is 0 Å². The zero-order valence-corrected chi connectivity index (χ0v) is 36.7. The van der Waals surface area contributed by atoms with E-state index in [0.717, 1.165) is 57.8 Å². The number of allylic oxidation sites excluding steroid dienone is 11. The van der Waals surface area contributed by atoms with E-state index in [-0.39, 0.29) is 18.9 Å². The number of aliphatic hydroxyl groups excluding tert-OH is 1. The highest BCUT2D eigenvalue weighted by Gasteiger charge is 2.23. The average molecular weight is 791 g/mol. The third-order valence-electron chi connectivity index (χ3n) is 9.15. The molecular formula is C46H83N2O6P. The fourth-order valence-electron chi connectivity index (χ4n) is 5.69. The molecule has 0 heterocycles. The van der Waals surface area contributed by atoms with E-state index in [1.165, 1.54) is 77.0 Å². The van der Waals surface area contributed by atoms with Gasteiger partial charge in [0.05, 0.1) is 39.9 Å². The summed E-state index contributed by atoms with van der Waals surface area (Å²) in [6.07, 6.45) is 49.6. The molecule has 1 amide bonds. The Labute approximate surface area is 338 Å². The van der Waals surface area contributed by atoms with Crippen LogP contribution in [0.5, 0.6) is 0 Å². The highest BCUT2D eigenvalue weighted by atomic mass is 31.2. The molecule has 0 bridgehead atoms. The van der Waals surface area contributed by atoms with E-state index in [1.54, 1.807) is 6.08 Å². The number of nitrogens with one attached hydrogen (secondary N) is 1. The molecule has 3 unspecified atom stereocenters. The van der Waals surface area contributed by atoms with Crippen molar-refractivity contribution in [2.45, 2.75) is 174 Å². The van der Waals surface area contributed by atoms with Gasteiger partial charge < -0.3 is 28.8 Å². The SMILES string of the molecule is CC/C=C\C/C=C\C/C=C\C/C=C\CCCCC(=O)NC(COP(=O)([O-])OCC[N+](C)(C)C)C(O)/C=C/CC/C=C/CCCCCCCCCCCCCC. The van der Waals surface area contributed by atoms with Crippen LogP contribution in [-0.2, 0) is 18.4 Å². The van der Waals surface area contributed by atoms with Gasteiger partial charge >= 0.3 is 0 Å². The average Bonchev–Trinajstić information content (AvgIpc) is 3.13. The van der Waals surface area contributed by atoms with E-state index < -0.39 is 26.6 Å². The van der Waals surface area contributed by atoms with Crippen LogP contribution in [0.2, 0.25) is 0 Å². The smallest absolute Gasteiger partial charge is 0.268 e. The molecule has 0 saturated carbocycles. The van der Waals surface area contributed by atoms with Crippen molar-refractivity contribution in [1.29, 1.82) is 0 Å². The van der Waals surface area contributed by atoms with Crippen molar-refractivity contribution >= 4 is 13.7 Å². The van der Waals surface area contributed by atoms with E-state index >= 15 is 0 Å². The topological polar surface area (TPSA) is 108 Å². The molecule has 0 fully saturated rings. The number of phosphoric acid groups is 1. The predicted molar refractivity (Wildman–Crippen MR) is 233 cm³/mol. The summed E-state index contributed by atoms with van der Waals surface area (Å²) >= 11 is 0.